The van der Waals surface area contributed by atoms with Crippen LogP contribution in [0.5, 0.6) is 0 Å². The first-order valence-electron chi connectivity index (χ1n) is 9.97. The summed E-state index contributed by atoms with van der Waals surface area (Å²) in [4.78, 5) is 28.0. The summed E-state index contributed by atoms with van der Waals surface area (Å²) in [7, 11) is 0. The fourth-order valence-electron chi connectivity index (χ4n) is 4.33. The van der Waals surface area contributed by atoms with Crippen molar-refractivity contribution in [2.24, 2.45) is 5.92 Å². The quantitative estimate of drug-likeness (QED) is 0.766. The Labute approximate surface area is 174 Å². The number of aryl methyl sites for hydroxylation is 1. The van der Waals surface area contributed by atoms with Crippen LogP contribution >= 0.6 is 15.9 Å². The highest BCUT2D eigenvalue weighted by molar-refractivity contribution is 9.10. The summed E-state index contributed by atoms with van der Waals surface area (Å²) < 4.78 is 2.87. The summed E-state index contributed by atoms with van der Waals surface area (Å²) in [5, 5.41) is 3.23. The number of carbonyl (C=O) groups is 2. The average Bonchev–Trinajstić information content (AvgIpc) is 3.12. The number of fused-ring (bicyclic) bond motifs is 1. The van der Waals surface area contributed by atoms with E-state index in [9.17, 15) is 9.59 Å². The Kier molecular flexibility index (Phi) is 5.32. The van der Waals surface area contributed by atoms with Gasteiger partial charge in [-0.2, -0.15) is 0 Å². The van der Waals surface area contributed by atoms with Gasteiger partial charge in [-0.05, 0) is 74.4 Å². The van der Waals surface area contributed by atoms with E-state index in [1.54, 1.807) is 4.90 Å². The third-order valence-electron chi connectivity index (χ3n) is 6.01. The Balaban J connectivity index is 1.66. The molecule has 1 aliphatic carbocycles. The molecule has 1 atom stereocenters. The molecule has 1 aliphatic heterocycles. The van der Waals surface area contributed by atoms with Gasteiger partial charge in [0.05, 0.1) is 5.69 Å². The van der Waals surface area contributed by atoms with E-state index in [1.165, 1.54) is 0 Å². The van der Waals surface area contributed by atoms with E-state index in [1.807, 2.05) is 48.0 Å². The number of rotatable bonds is 3. The third-order valence-corrected chi connectivity index (χ3v) is 6.90. The lowest BCUT2D eigenvalue weighted by molar-refractivity contribution is -0.128. The van der Waals surface area contributed by atoms with E-state index in [-0.39, 0.29) is 24.4 Å². The lowest BCUT2D eigenvalue weighted by Crippen LogP contribution is -2.51. The van der Waals surface area contributed by atoms with Gasteiger partial charge in [0.25, 0.3) is 0 Å². The number of nitrogens with one attached hydrogen (secondary N) is 1. The summed E-state index contributed by atoms with van der Waals surface area (Å²) in [5.74, 6) is 0.569. The highest BCUT2D eigenvalue weighted by Crippen LogP contribution is 2.34. The van der Waals surface area contributed by atoms with Gasteiger partial charge in [-0.3, -0.25) is 14.5 Å². The standard InChI is InChI=1S/C22H26BrN3O2/c1-14-5-7-16(8-6-14)24-22(28)21-19-4-3-11-25(19)13-20(27)26(21)17-9-10-18(23)15(2)12-17/h3-4,9-12,14,16,21H,5-8,13H2,1-2H3,(H,24,28)/t14?,16?,21-/m0/s1. The first kappa shape index (κ1) is 19.2. The molecule has 0 spiro atoms. The molecule has 0 radical (unpaired) electrons. The number of aromatic nitrogens is 1. The molecule has 1 saturated carbocycles. The van der Waals surface area contributed by atoms with Gasteiger partial charge >= 0.3 is 0 Å². The van der Waals surface area contributed by atoms with E-state index >= 15 is 0 Å². The number of carbonyl (C=O) groups excluding carboxylic acids is 2. The van der Waals surface area contributed by atoms with E-state index < -0.39 is 6.04 Å². The van der Waals surface area contributed by atoms with E-state index in [4.69, 9.17) is 0 Å². The molecular formula is C22H26BrN3O2. The van der Waals surface area contributed by atoms with Gasteiger partial charge in [-0.25, -0.2) is 0 Å². The van der Waals surface area contributed by atoms with Crippen molar-refractivity contribution in [2.45, 2.75) is 58.2 Å². The predicted octanol–water partition coefficient (Wildman–Crippen LogP) is 4.34. The highest BCUT2D eigenvalue weighted by Gasteiger charge is 2.39. The van der Waals surface area contributed by atoms with Crippen molar-refractivity contribution in [2.75, 3.05) is 4.90 Å². The van der Waals surface area contributed by atoms with E-state index in [0.717, 1.165) is 53.0 Å². The predicted molar refractivity (Wildman–Crippen MR) is 113 cm³/mol. The van der Waals surface area contributed by atoms with Crippen molar-refractivity contribution in [3.8, 4) is 0 Å². The van der Waals surface area contributed by atoms with Crippen LogP contribution in [-0.2, 0) is 16.1 Å². The summed E-state index contributed by atoms with van der Waals surface area (Å²) in [6.45, 7) is 4.51. The van der Waals surface area contributed by atoms with Crippen molar-refractivity contribution in [1.82, 2.24) is 9.88 Å². The van der Waals surface area contributed by atoms with Crippen LogP contribution in [0.3, 0.4) is 0 Å². The van der Waals surface area contributed by atoms with Crippen LogP contribution in [0.2, 0.25) is 0 Å². The maximum atomic E-state index is 13.4. The minimum absolute atomic E-state index is 0.0668. The van der Waals surface area contributed by atoms with E-state index in [0.29, 0.717) is 0 Å². The highest BCUT2D eigenvalue weighted by atomic mass is 79.9. The average molecular weight is 444 g/mol. The molecule has 1 aromatic heterocycles. The lowest BCUT2D eigenvalue weighted by atomic mass is 9.87. The SMILES string of the molecule is Cc1cc(N2C(=O)Cn3cccc3[C@H]2C(=O)NC2CCC(C)CC2)ccc1Br. The largest absolute Gasteiger partial charge is 0.351 e. The van der Waals surface area contributed by atoms with Gasteiger partial charge in [-0.15, -0.1) is 0 Å². The molecule has 0 bridgehead atoms. The molecule has 0 unspecified atom stereocenters. The van der Waals surface area contributed by atoms with Crippen LogP contribution < -0.4 is 10.2 Å². The van der Waals surface area contributed by atoms with Crippen LogP contribution in [0, 0.1) is 12.8 Å². The van der Waals surface area contributed by atoms with Crippen LogP contribution in [0.1, 0.15) is 49.9 Å². The van der Waals surface area contributed by atoms with Crippen molar-refractivity contribution < 1.29 is 9.59 Å². The van der Waals surface area contributed by atoms with Crippen LogP contribution in [0.15, 0.2) is 41.0 Å². The zero-order valence-electron chi connectivity index (χ0n) is 16.3. The molecule has 2 heterocycles. The maximum Gasteiger partial charge on any atom is 0.249 e. The van der Waals surface area contributed by atoms with E-state index in [2.05, 4.69) is 28.2 Å². The number of benzene rings is 1. The maximum absolute atomic E-state index is 13.4. The Morgan fingerprint density at radius 3 is 2.64 bits per heavy atom. The monoisotopic (exact) mass is 443 g/mol. The Morgan fingerprint density at radius 1 is 1.18 bits per heavy atom. The first-order chi connectivity index (χ1) is 13.4. The topological polar surface area (TPSA) is 54.3 Å². The van der Waals surface area contributed by atoms with Crippen molar-refractivity contribution in [1.29, 1.82) is 0 Å². The normalized spacial score (nSPS) is 24.8. The molecule has 2 aromatic rings. The summed E-state index contributed by atoms with van der Waals surface area (Å²) >= 11 is 3.52. The molecule has 5 nitrogen and oxygen atoms in total. The summed E-state index contributed by atoms with van der Waals surface area (Å²) in [6.07, 6.45) is 6.17. The molecule has 1 aromatic carbocycles. The van der Waals surface area contributed by atoms with Crippen LogP contribution in [0.25, 0.3) is 0 Å². The summed E-state index contributed by atoms with van der Waals surface area (Å²) in [6, 6.07) is 9.19. The second kappa shape index (κ2) is 7.74. The Bertz CT molecular complexity index is 899. The smallest absolute Gasteiger partial charge is 0.249 e. The number of amides is 2. The number of nitrogens with zero attached hydrogens (tertiary/aromatic N) is 2. The molecular weight excluding hydrogens is 418 g/mol. The molecule has 148 valence electrons. The molecule has 28 heavy (non-hydrogen) atoms. The molecule has 0 saturated heterocycles. The fourth-order valence-corrected chi connectivity index (χ4v) is 4.57. The summed E-state index contributed by atoms with van der Waals surface area (Å²) in [5.41, 5.74) is 2.66. The van der Waals surface area contributed by atoms with Gasteiger partial charge in [0.15, 0.2) is 6.04 Å². The molecule has 2 amide bonds. The van der Waals surface area contributed by atoms with Gasteiger partial charge in [-0.1, -0.05) is 22.9 Å². The second-order valence-electron chi connectivity index (χ2n) is 8.13. The molecule has 1 N–H and O–H groups in total. The van der Waals surface area contributed by atoms with Gasteiger partial charge in [0.1, 0.15) is 6.54 Å². The zero-order valence-corrected chi connectivity index (χ0v) is 17.9. The first-order valence-corrected chi connectivity index (χ1v) is 10.8. The Morgan fingerprint density at radius 2 is 1.93 bits per heavy atom. The Hall–Kier alpha value is -2.08. The molecule has 2 aliphatic rings. The lowest BCUT2D eigenvalue weighted by Gasteiger charge is -2.37. The second-order valence-corrected chi connectivity index (χ2v) is 8.98. The third kappa shape index (κ3) is 3.62. The van der Waals surface area contributed by atoms with Crippen molar-refractivity contribution in [3.05, 3.63) is 52.3 Å². The molecule has 1 fully saturated rings. The van der Waals surface area contributed by atoms with Gasteiger partial charge in [0, 0.05) is 22.4 Å². The van der Waals surface area contributed by atoms with Gasteiger partial charge < -0.3 is 9.88 Å². The molecule has 6 heteroatoms. The number of hydrogen-bond donors (Lipinski definition) is 1. The van der Waals surface area contributed by atoms with Crippen molar-refractivity contribution in [3.63, 3.8) is 0 Å². The molecule has 4 rings (SSSR count). The zero-order chi connectivity index (χ0) is 19.8. The number of anilines is 1. The van der Waals surface area contributed by atoms with Crippen LogP contribution in [0.4, 0.5) is 5.69 Å². The number of halogens is 1. The number of hydrogen-bond acceptors (Lipinski definition) is 2. The van der Waals surface area contributed by atoms with Crippen molar-refractivity contribution >= 4 is 33.4 Å². The minimum Gasteiger partial charge on any atom is -0.351 e. The minimum atomic E-state index is -0.642. The fraction of sp³-hybridized carbons (Fsp3) is 0.455. The van der Waals surface area contributed by atoms with Crippen LogP contribution in [-0.4, -0.2) is 22.4 Å². The van der Waals surface area contributed by atoms with Gasteiger partial charge in [0.2, 0.25) is 11.8 Å².